The predicted octanol–water partition coefficient (Wildman–Crippen LogP) is 2.69. The Bertz CT molecular complexity index is 436. The van der Waals surface area contributed by atoms with Gasteiger partial charge >= 0.3 is 0 Å². The molecule has 92 valence electrons. The van der Waals surface area contributed by atoms with Crippen LogP contribution in [-0.2, 0) is 19.6 Å². The highest BCUT2D eigenvalue weighted by Gasteiger charge is 2.09. The third kappa shape index (κ3) is 3.43. The van der Waals surface area contributed by atoms with Crippen LogP contribution in [0.5, 0.6) is 0 Å². The van der Waals surface area contributed by atoms with Gasteiger partial charge in [-0.25, -0.2) is 0 Å². The van der Waals surface area contributed by atoms with Gasteiger partial charge in [-0.3, -0.25) is 4.90 Å². The summed E-state index contributed by atoms with van der Waals surface area (Å²) in [6.45, 7) is 2.68. The van der Waals surface area contributed by atoms with Crippen LogP contribution in [0.3, 0.4) is 0 Å². The van der Waals surface area contributed by atoms with Crippen LogP contribution in [-0.4, -0.2) is 19.0 Å². The van der Waals surface area contributed by atoms with Gasteiger partial charge in [-0.2, -0.15) is 0 Å². The summed E-state index contributed by atoms with van der Waals surface area (Å²) in [6, 6.07) is 6.29. The molecule has 0 aromatic carbocycles. The van der Waals surface area contributed by atoms with Crippen molar-refractivity contribution in [2.75, 3.05) is 14.1 Å². The van der Waals surface area contributed by atoms with E-state index in [-0.39, 0.29) is 0 Å². The van der Waals surface area contributed by atoms with Crippen molar-refractivity contribution in [3.05, 3.63) is 46.0 Å². The molecule has 0 bridgehead atoms. The Labute approximate surface area is 106 Å². The lowest BCUT2D eigenvalue weighted by Gasteiger charge is -2.14. The highest BCUT2D eigenvalue weighted by molar-refractivity contribution is 7.09. The van der Waals surface area contributed by atoms with Crippen molar-refractivity contribution >= 4 is 11.3 Å². The molecule has 0 fully saturated rings. The van der Waals surface area contributed by atoms with E-state index in [1.54, 1.807) is 17.6 Å². The van der Waals surface area contributed by atoms with E-state index in [2.05, 4.69) is 34.8 Å². The van der Waals surface area contributed by atoms with Crippen molar-refractivity contribution < 1.29 is 4.42 Å². The van der Waals surface area contributed by atoms with Crippen molar-refractivity contribution in [1.82, 2.24) is 10.2 Å². The van der Waals surface area contributed by atoms with Gasteiger partial charge in [-0.1, -0.05) is 6.07 Å². The van der Waals surface area contributed by atoms with Crippen LogP contribution in [0.1, 0.15) is 16.2 Å². The molecule has 0 aliphatic heterocycles. The summed E-state index contributed by atoms with van der Waals surface area (Å²) in [4.78, 5) is 3.65. The van der Waals surface area contributed by atoms with E-state index in [1.807, 2.05) is 13.1 Å². The van der Waals surface area contributed by atoms with E-state index >= 15 is 0 Å². The maximum Gasteiger partial charge on any atom is 0.122 e. The van der Waals surface area contributed by atoms with E-state index in [0.29, 0.717) is 0 Å². The molecule has 2 rings (SSSR count). The Morgan fingerprint density at radius 2 is 2.24 bits per heavy atom. The lowest BCUT2D eigenvalue weighted by atomic mass is 10.2. The van der Waals surface area contributed by atoms with Crippen LogP contribution in [0.4, 0.5) is 0 Å². The molecule has 4 heteroatoms. The largest absolute Gasteiger partial charge is 0.468 e. The molecule has 0 amide bonds. The lowest BCUT2D eigenvalue weighted by molar-refractivity contribution is 0.288. The molecule has 0 aliphatic rings. The fourth-order valence-electron chi connectivity index (χ4n) is 1.82. The molecule has 2 heterocycles. The van der Waals surface area contributed by atoms with Crippen molar-refractivity contribution in [3.63, 3.8) is 0 Å². The van der Waals surface area contributed by atoms with Gasteiger partial charge in [0.15, 0.2) is 0 Å². The Kier molecular flexibility index (Phi) is 4.36. The number of thiophene rings is 1. The first-order valence-corrected chi connectivity index (χ1v) is 6.58. The zero-order valence-electron chi connectivity index (χ0n) is 10.3. The van der Waals surface area contributed by atoms with Crippen molar-refractivity contribution in [2.24, 2.45) is 0 Å². The summed E-state index contributed by atoms with van der Waals surface area (Å²) in [5.74, 6) is 1.05. The topological polar surface area (TPSA) is 28.4 Å². The minimum absolute atomic E-state index is 0.849. The van der Waals surface area contributed by atoms with Gasteiger partial charge in [-0.15, -0.1) is 11.3 Å². The standard InChI is InChI=1S/C13H18N2OS/c1-14-8-11-5-6-16-13(11)10-15(2)9-12-4-3-7-17-12/h3-7,14H,8-10H2,1-2H3. The first-order valence-electron chi connectivity index (χ1n) is 5.70. The van der Waals surface area contributed by atoms with E-state index in [0.717, 1.165) is 25.4 Å². The van der Waals surface area contributed by atoms with Crippen LogP contribution >= 0.6 is 11.3 Å². The average molecular weight is 250 g/mol. The van der Waals surface area contributed by atoms with Crippen LogP contribution in [0, 0.1) is 0 Å². The number of nitrogens with zero attached hydrogens (tertiary/aromatic N) is 1. The molecular formula is C13H18N2OS. The summed E-state index contributed by atoms with van der Waals surface area (Å²) in [6.07, 6.45) is 1.76. The Balaban J connectivity index is 1.93. The highest BCUT2D eigenvalue weighted by Crippen LogP contribution is 2.16. The van der Waals surface area contributed by atoms with Gasteiger partial charge in [0.1, 0.15) is 5.76 Å². The third-order valence-electron chi connectivity index (χ3n) is 2.62. The zero-order valence-corrected chi connectivity index (χ0v) is 11.1. The second-order valence-electron chi connectivity index (χ2n) is 4.15. The molecule has 0 atom stereocenters. The fraction of sp³-hybridized carbons (Fsp3) is 0.385. The maximum absolute atomic E-state index is 5.53. The monoisotopic (exact) mass is 250 g/mol. The fourth-order valence-corrected chi connectivity index (χ4v) is 2.61. The van der Waals surface area contributed by atoms with E-state index in [9.17, 15) is 0 Å². The quantitative estimate of drug-likeness (QED) is 0.854. The average Bonchev–Trinajstić information content (AvgIpc) is 2.92. The van der Waals surface area contributed by atoms with Gasteiger partial charge in [0.25, 0.3) is 0 Å². The van der Waals surface area contributed by atoms with Gasteiger partial charge in [0, 0.05) is 23.5 Å². The van der Waals surface area contributed by atoms with Crippen LogP contribution in [0.15, 0.2) is 34.3 Å². The van der Waals surface area contributed by atoms with Gasteiger partial charge in [-0.05, 0) is 31.6 Å². The van der Waals surface area contributed by atoms with Gasteiger partial charge in [0.05, 0.1) is 12.8 Å². The molecule has 3 nitrogen and oxygen atoms in total. The van der Waals surface area contributed by atoms with Crippen LogP contribution < -0.4 is 5.32 Å². The summed E-state index contributed by atoms with van der Waals surface area (Å²) in [5, 5.41) is 5.27. The lowest BCUT2D eigenvalue weighted by Crippen LogP contribution is -2.17. The summed E-state index contributed by atoms with van der Waals surface area (Å²) < 4.78 is 5.53. The van der Waals surface area contributed by atoms with Crippen molar-refractivity contribution in [3.8, 4) is 0 Å². The molecule has 0 radical (unpaired) electrons. The normalized spacial score (nSPS) is 11.2. The molecule has 0 saturated heterocycles. The minimum Gasteiger partial charge on any atom is -0.468 e. The smallest absolute Gasteiger partial charge is 0.122 e. The first-order chi connectivity index (χ1) is 8.29. The molecular weight excluding hydrogens is 232 g/mol. The number of hydrogen-bond donors (Lipinski definition) is 1. The molecule has 2 aromatic heterocycles. The van der Waals surface area contributed by atoms with Gasteiger partial charge < -0.3 is 9.73 Å². The third-order valence-corrected chi connectivity index (χ3v) is 3.49. The Morgan fingerprint density at radius 3 is 2.94 bits per heavy atom. The van der Waals surface area contributed by atoms with Gasteiger partial charge in [0.2, 0.25) is 0 Å². The zero-order chi connectivity index (χ0) is 12.1. The van der Waals surface area contributed by atoms with Crippen molar-refractivity contribution in [2.45, 2.75) is 19.6 Å². The van der Waals surface area contributed by atoms with E-state index in [4.69, 9.17) is 4.42 Å². The molecule has 0 unspecified atom stereocenters. The molecule has 17 heavy (non-hydrogen) atoms. The van der Waals surface area contributed by atoms with Crippen LogP contribution in [0.2, 0.25) is 0 Å². The minimum atomic E-state index is 0.849. The second-order valence-corrected chi connectivity index (χ2v) is 5.18. The number of rotatable bonds is 6. The maximum atomic E-state index is 5.53. The van der Waals surface area contributed by atoms with E-state index in [1.165, 1.54) is 10.4 Å². The number of nitrogens with one attached hydrogen (secondary N) is 1. The Morgan fingerprint density at radius 1 is 1.35 bits per heavy atom. The second kappa shape index (κ2) is 6.00. The molecule has 0 spiro atoms. The summed E-state index contributed by atoms with van der Waals surface area (Å²) >= 11 is 1.79. The number of furan rings is 1. The molecule has 1 N–H and O–H groups in total. The molecule has 0 saturated carbocycles. The van der Waals surface area contributed by atoms with E-state index < -0.39 is 0 Å². The highest BCUT2D eigenvalue weighted by atomic mass is 32.1. The Hall–Kier alpha value is -1.10. The summed E-state index contributed by atoms with van der Waals surface area (Å²) in [7, 11) is 4.07. The predicted molar refractivity (Wildman–Crippen MR) is 71.0 cm³/mol. The molecule has 2 aromatic rings. The van der Waals surface area contributed by atoms with Crippen LogP contribution in [0.25, 0.3) is 0 Å². The molecule has 0 aliphatic carbocycles. The van der Waals surface area contributed by atoms with Crippen molar-refractivity contribution in [1.29, 1.82) is 0 Å². The number of hydrogen-bond acceptors (Lipinski definition) is 4. The summed E-state index contributed by atoms with van der Waals surface area (Å²) in [5.41, 5.74) is 1.24. The first kappa shape index (κ1) is 12.4. The SMILES string of the molecule is CNCc1ccoc1CN(C)Cc1cccs1.